The molecule has 0 fully saturated rings. The van der Waals surface area contributed by atoms with E-state index in [0.29, 0.717) is 10.6 Å². The Bertz CT molecular complexity index is 1410. The number of rotatable bonds is 11. The van der Waals surface area contributed by atoms with E-state index in [0.717, 1.165) is 6.92 Å². The monoisotopic (exact) mass is 571 g/mol. The third kappa shape index (κ3) is 7.10. The van der Waals surface area contributed by atoms with Gasteiger partial charge in [0.1, 0.15) is 6.04 Å². The third-order valence-corrected chi connectivity index (χ3v) is 5.41. The van der Waals surface area contributed by atoms with Crippen molar-refractivity contribution in [1.82, 2.24) is 15.8 Å². The molecule has 0 saturated heterocycles. The quantitative estimate of drug-likeness (QED) is 0.180. The topological polar surface area (TPSA) is 148 Å². The van der Waals surface area contributed by atoms with Crippen LogP contribution in [-0.2, 0) is 14.4 Å². The van der Waals surface area contributed by atoms with Crippen molar-refractivity contribution in [3.8, 4) is 17.1 Å². The first-order chi connectivity index (χ1) is 18.4. The van der Waals surface area contributed by atoms with Crippen molar-refractivity contribution in [3.63, 3.8) is 0 Å². The minimum atomic E-state index is -2.28. The predicted molar refractivity (Wildman–Crippen MR) is 125 cm³/mol. The highest BCUT2D eigenvalue weighted by molar-refractivity contribution is 6.33. The molecule has 0 aliphatic heterocycles. The van der Waals surface area contributed by atoms with E-state index < -0.39 is 77.7 Å². The van der Waals surface area contributed by atoms with Crippen molar-refractivity contribution in [1.29, 1.82) is 0 Å². The lowest BCUT2D eigenvalue weighted by atomic mass is 10.1. The third-order valence-electron chi connectivity index (χ3n) is 5.08. The Labute approximate surface area is 221 Å². The lowest BCUT2D eigenvalue weighted by Gasteiger charge is -2.22. The van der Waals surface area contributed by atoms with E-state index in [1.807, 2.05) is 5.32 Å². The number of hydrogen-bond donors (Lipinski definition) is 3. The number of nitrogens with zero attached hydrogens (tertiary/aromatic N) is 1. The van der Waals surface area contributed by atoms with E-state index in [9.17, 15) is 36.7 Å². The van der Waals surface area contributed by atoms with Crippen molar-refractivity contribution < 1.29 is 51.1 Å². The van der Waals surface area contributed by atoms with Gasteiger partial charge >= 0.3 is 5.97 Å². The Hall–Kier alpha value is -4.46. The summed E-state index contributed by atoms with van der Waals surface area (Å²) >= 11 is 6.08. The van der Waals surface area contributed by atoms with E-state index >= 15 is 0 Å². The maximum atomic E-state index is 14.1. The number of carboxylic acid groups (broad SMARTS) is 1. The summed E-state index contributed by atoms with van der Waals surface area (Å²) in [5.74, 6) is -13.9. The number of Topliss-reactive ketones (excluding diaryl/α,β-unsaturated/α-hetero) is 1. The van der Waals surface area contributed by atoms with Crippen LogP contribution in [0.15, 0.2) is 40.9 Å². The fraction of sp³-hybridized carbons (Fsp3) is 0.208. The zero-order valence-corrected chi connectivity index (χ0v) is 20.5. The summed E-state index contributed by atoms with van der Waals surface area (Å²) in [6.45, 7) is 1.16. The van der Waals surface area contributed by atoms with Crippen LogP contribution >= 0.6 is 11.6 Å². The van der Waals surface area contributed by atoms with Gasteiger partial charge in [0, 0.05) is 24.1 Å². The molecule has 2 aromatic carbocycles. The van der Waals surface area contributed by atoms with Gasteiger partial charge in [-0.15, -0.1) is 0 Å². The van der Waals surface area contributed by atoms with Crippen molar-refractivity contribution in [2.24, 2.45) is 0 Å². The van der Waals surface area contributed by atoms with Gasteiger partial charge in [-0.25, -0.2) is 8.78 Å². The van der Waals surface area contributed by atoms with Gasteiger partial charge in [0.15, 0.2) is 34.6 Å². The second-order valence-electron chi connectivity index (χ2n) is 7.92. The normalized spacial score (nSPS) is 12.4. The molecule has 3 rings (SSSR count). The number of hydrogen-bond acceptors (Lipinski definition) is 7. The van der Waals surface area contributed by atoms with Gasteiger partial charge in [-0.05, 0) is 19.1 Å². The molecule has 3 N–H and O–H groups in total. The van der Waals surface area contributed by atoms with Gasteiger partial charge in [-0.3, -0.25) is 19.2 Å². The number of aromatic nitrogens is 1. The molecule has 2 atom stereocenters. The lowest BCUT2D eigenvalue weighted by Crippen LogP contribution is -2.52. The first kappa shape index (κ1) is 29.1. The van der Waals surface area contributed by atoms with E-state index in [1.54, 1.807) is 24.3 Å². The molecule has 0 spiro atoms. The summed E-state index contributed by atoms with van der Waals surface area (Å²) in [6.07, 6.45) is -3.82. The summed E-state index contributed by atoms with van der Waals surface area (Å²) in [5.41, 5.74) is 0.180. The second kappa shape index (κ2) is 12.4. The van der Waals surface area contributed by atoms with Gasteiger partial charge in [-0.1, -0.05) is 28.9 Å². The number of nitrogens with one attached hydrogen (secondary N) is 2. The van der Waals surface area contributed by atoms with Crippen molar-refractivity contribution in [2.45, 2.75) is 32.0 Å². The van der Waals surface area contributed by atoms with Crippen LogP contribution in [0.5, 0.6) is 5.75 Å². The molecule has 0 aliphatic carbocycles. The van der Waals surface area contributed by atoms with Gasteiger partial charge in [0.25, 0.3) is 5.91 Å². The molecule has 10 nitrogen and oxygen atoms in total. The Morgan fingerprint density at radius 3 is 2.28 bits per heavy atom. The second-order valence-corrected chi connectivity index (χ2v) is 8.32. The maximum absolute atomic E-state index is 14.1. The number of amides is 2. The number of halogens is 5. The predicted octanol–water partition coefficient (Wildman–Crippen LogP) is 3.62. The standard InChI is InChI=1S/C24H18ClF4N3O7/c1-10(30-23(37)15-9-17(39-32-15)11-4-2-3-5-12(11)25)22(36)31-24(16(33)6-7-18(34)35)38-21-19(28)13(26)8-14(27)20(21)29/h2-5,8-10,24H,6-7H2,1H3,(H,30,37)(H,31,36)(H,34,35)/t10-,24?/m0/s1. The summed E-state index contributed by atoms with van der Waals surface area (Å²) in [7, 11) is 0. The van der Waals surface area contributed by atoms with E-state index in [-0.39, 0.29) is 17.5 Å². The van der Waals surface area contributed by atoms with Crippen LogP contribution in [0.25, 0.3) is 11.3 Å². The molecule has 0 aliphatic rings. The average Bonchev–Trinajstić information content (AvgIpc) is 3.38. The molecule has 0 bridgehead atoms. The number of carbonyl (C=O) groups is 4. The highest BCUT2D eigenvalue weighted by Crippen LogP contribution is 2.29. The summed E-state index contributed by atoms with van der Waals surface area (Å²) in [6, 6.07) is 6.24. The van der Waals surface area contributed by atoms with Crippen LogP contribution in [0.3, 0.4) is 0 Å². The van der Waals surface area contributed by atoms with E-state index in [4.69, 9.17) is 26.0 Å². The number of carboxylic acids is 1. The number of carbonyl (C=O) groups excluding carboxylic acids is 3. The molecule has 0 radical (unpaired) electrons. The van der Waals surface area contributed by atoms with Crippen LogP contribution in [0.1, 0.15) is 30.3 Å². The average molecular weight is 572 g/mol. The SMILES string of the molecule is C[C@H](NC(=O)c1cc(-c2ccccc2Cl)on1)C(=O)NC(Oc1c(F)c(F)cc(F)c1F)C(=O)CCC(=O)O. The van der Waals surface area contributed by atoms with E-state index in [2.05, 4.69) is 10.5 Å². The maximum Gasteiger partial charge on any atom is 0.303 e. The molecule has 1 aromatic heterocycles. The molecule has 15 heteroatoms. The number of ketones is 1. The molecule has 2 amide bonds. The fourth-order valence-electron chi connectivity index (χ4n) is 3.07. The zero-order chi connectivity index (χ0) is 28.9. The molecule has 206 valence electrons. The summed E-state index contributed by atoms with van der Waals surface area (Å²) in [5, 5.41) is 16.9. The minimum absolute atomic E-state index is 0.101. The number of benzene rings is 2. The van der Waals surface area contributed by atoms with Crippen LogP contribution in [0.4, 0.5) is 17.6 Å². The van der Waals surface area contributed by atoms with Gasteiger partial charge in [0.2, 0.25) is 23.8 Å². The highest BCUT2D eigenvalue weighted by atomic mass is 35.5. The molecule has 39 heavy (non-hydrogen) atoms. The first-order valence-electron chi connectivity index (χ1n) is 11.0. The van der Waals surface area contributed by atoms with E-state index in [1.165, 1.54) is 6.07 Å². The molecule has 1 heterocycles. The fourth-order valence-corrected chi connectivity index (χ4v) is 3.30. The van der Waals surface area contributed by atoms with Crippen molar-refractivity contribution in [3.05, 3.63) is 70.4 Å². The Balaban J connectivity index is 1.75. The Morgan fingerprint density at radius 1 is 1.03 bits per heavy atom. The lowest BCUT2D eigenvalue weighted by molar-refractivity contribution is -0.140. The Kier molecular flexibility index (Phi) is 9.24. The largest absolute Gasteiger partial charge is 0.481 e. The molecule has 0 saturated carbocycles. The number of aliphatic carboxylic acids is 1. The van der Waals surface area contributed by atoms with Crippen molar-refractivity contribution in [2.75, 3.05) is 0 Å². The minimum Gasteiger partial charge on any atom is -0.481 e. The van der Waals surface area contributed by atoms with Crippen LogP contribution < -0.4 is 15.4 Å². The van der Waals surface area contributed by atoms with Crippen molar-refractivity contribution >= 4 is 35.2 Å². The smallest absolute Gasteiger partial charge is 0.303 e. The van der Waals surface area contributed by atoms with Gasteiger partial charge in [-0.2, -0.15) is 8.78 Å². The molecule has 3 aromatic rings. The first-order valence-corrected chi connectivity index (χ1v) is 11.3. The van der Waals surface area contributed by atoms with Gasteiger partial charge in [0.05, 0.1) is 11.4 Å². The molecular weight excluding hydrogens is 554 g/mol. The number of ether oxygens (including phenoxy) is 1. The molecule has 1 unspecified atom stereocenters. The van der Waals surface area contributed by atoms with Crippen LogP contribution in [-0.4, -0.2) is 46.1 Å². The van der Waals surface area contributed by atoms with Crippen LogP contribution in [0.2, 0.25) is 5.02 Å². The van der Waals surface area contributed by atoms with Gasteiger partial charge < -0.3 is 25.0 Å². The summed E-state index contributed by atoms with van der Waals surface area (Å²) in [4.78, 5) is 48.5. The van der Waals surface area contributed by atoms with Crippen LogP contribution in [0, 0.1) is 23.3 Å². The Morgan fingerprint density at radius 2 is 1.67 bits per heavy atom. The zero-order valence-electron chi connectivity index (χ0n) is 19.8. The highest BCUT2D eigenvalue weighted by Gasteiger charge is 2.31. The molecular formula is C24H18ClF4N3O7. The summed E-state index contributed by atoms with van der Waals surface area (Å²) < 4.78 is 65.2.